The second-order valence-corrected chi connectivity index (χ2v) is 9.27. The average molecular weight is 461 g/mol. The lowest BCUT2D eigenvalue weighted by atomic mass is 9.69. The Morgan fingerprint density at radius 1 is 0.361 bits per heavy atom. The molecule has 0 nitrogen and oxygen atoms in total. The molecule has 0 N–H and O–H groups in total. The minimum absolute atomic E-state index is 0.242. The molecule has 0 spiro atoms. The SMILES string of the molecule is c1ccc(C2=C(c3ccccc3)C(c3ccccc3)=C(c3ccccc3)C(c3ccccc3)C2)cc1. The van der Waals surface area contributed by atoms with Gasteiger partial charge in [-0.05, 0) is 56.5 Å². The van der Waals surface area contributed by atoms with Gasteiger partial charge in [-0.1, -0.05) is 152 Å². The second kappa shape index (κ2) is 10.1. The highest BCUT2D eigenvalue weighted by Gasteiger charge is 2.32. The van der Waals surface area contributed by atoms with E-state index in [9.17, 15) is 0 Å². The summed E-state index contributed by atoms with van der Waals surface area (Å²) in [7, 11) is 0. The maximum absolute atomic E-state index is 2.28. The molecule has 0 saturated heterocycles. The Labute approximate surface area is 213 Å². The summed E-state index contributed by atoms with van der Waals surface area (Å²) in [5.74, 6) is 0.242. The molecule has 0 amide bonds. The first-order chi connectivity index (χ1) is 17.9. The van der Waals surface area contributed by atoms with Crippen LogP contribution < -0.4 is 0 Å². The Morgan fingerprint density at radius 3 is 1.25 bits per heavy atom. The van der Waals surface area contributed by atoms with Gasteiger partial charge < -0.3 is 0 Å². The molecule has 0 aromatic heterocycles. The molecule has 1 aliphatic rings. The third-order valence-electron chi connectivity index (χ3n) is 7.11. The van der Waals surface area contributed by atoms with Gasteiger partial charge in [0.25, 0.3) is 0 Å². The lowest BCUT2D eigenvalue weighted by molar-refractivity contribution is 0.892. The molecule has 0 aliphatic heterocycles. The highest BCUT2D eigenvalue weighted by atomic mass is 14.4. The zero-order valence-corrected chi connectivity index (χ0v) is 20.2. The highest BCUT2D eigenvalue weighted by Crippen LogP contribution is 2.54. The van der Waals surface area contributed by atoms with Crippen LogP contribution in [0.25, 0.3) is 22.3 Å². The molecule has 36 heavy (non-hydrogen) atoms. The number of rotatable bonds is 5. The quantitative estimate of drug-likeness (QED) is 0.245. The summed E-state index contributed by atoms with van der Waals surface area (Å²) in [5.41, 5.74) is 11.9. The van der Waals surface area contributed by atoms with E-state index in [1.165, 1.54) is 50.1 Å². The van der Waals surface area contributed by atoms with Crippen molar-refractivity contribution in [1.82, 2.24) is 0 Å². The molecule has 1 unspecified atom stereocenters. The molecule has 5 aromatic carbocycles. The normalized spacial score (nSPS) is 15.7. The van der Waals surface area contributed by atoms with E-state index < -0.39 is 0 Å². The molecule has 6 rings (SSSR count). The van der Waals surface area contributed by atoms with Crippen LogP contribution in [0.1, 0.15) is 40.2 Å². The van der Waals surface area contributed by atoms with Crippen LogP contribution in [0.15, 0.2) is 152 Å². The molecule has 0 heteroatoms. The predicted molar refractivity (Wildman–Crippen MR) is 153 cm³/mol. The molecule has 5 aromatic rings. The number of hydrogen-bond acceptors (Lipinski definition) is 0. The van der Waals surface area contributed by atoms with Gasteiger partial charge in [0.15, 0.2) is 0 Å². The van der Waals surface area contributed by atoms with Gasteiger partial charge in [0, 0.05) is 5.92 Å². The van der Waals surface area contributed by atoms with Crippen molar-refractivity contribution in [2.45, 2.75) is 12.3 Å². The van der Waals surface area contributed by atoms with E-state index in [4.69, 9.17) is 0 Å². The van der Waals surface area contributed by atoms with Crippen LogP contribution >= 0.6 is 0 Å². The Morgan fingerprint density at radius 2 is 0.750 bits per heavy atom. The van der Waals surface area contributed by atoms with E-state index in [0.29, 0.717) is 0 Å². The molecule has 0 fully saturated rings. The van der Waals surface area contributed by atoms with Crippen LogP contribution in [0.2, 0.25) is 0 Å². The molecule has 1 atom stereocenters. The van der Waals surface area contributed by atoms with Crippen molar-refractivity contribution in [1.29, 1.82) is 0 Å². The second-order valence-electron chi connectivity index (χ2n) is 9.27. The summed E-state index contributed by atoms with van der Waals surface area (Å²) in [6.07, 6.45) is 0.943. The van der Waals surface area contributed by atoms with Gasteiger partial charge in [-0.25, -0.2) is 0 Å². The molecule has 0 radical (unpaired) electrons. The van der Waals surface area contributed by atoms with E-state index in [1.54, 1.807) is 0 Å². The van der Waals surface area contributed by atoms with Crippen molar-refractivity contribution in [3.63, 3.8) is 0 Å². The Bertz CT molecular complexity index is 1490. The van der Waals surface area contributed by atoms with Crippen molar-refractivity contribution < 1.29 is 0 Å². The molecule has 1 aliphatic carbocycles. The third-order valence-corrected chi connectivity index (χ3v) is 7.11. The minimum Gasteiger partial charge on any atom is -0.0622 e. The fraction of sp³-hybridized carbons (Fsp3) is 0.0556. The molecular formula is C36H28. The van der Waals surface area contributed by atoms with Gasteiger partial charge in [-0.2, -0.15) is 0 Å². The summed E-state index contributed by atoms with van der Waals surface area (Å²) in [4.78, 5) is 0. The Hall–Kier alpha value is -4.42. The summed E-state index contributed by atoms with van der Waals surface area (Å²) in [6, 6.07) is 54.8. The predicted octanol–water partition coefficient (Wildman–Crippen LogP) is 9.40. The maximum Gasteiger partial charge on any atom is 0.0142 e. The van der Waals surface area contributed by atoms with Crippen LogP contribution in [-0.2, 0) is 0 Å². The van der Waals surface area contributed by atoms with Crippen LogP contribution in [0, 0.1) is 0 Å². The van der Waals surface area contributed by atoms with E-state index in [2.05, 4.69) is 152 Å². The van der Waals surface area contributed by atoms with Crippen LogP contribution in [-0.4, -0.2) is 0 Å². The van der Waals surface area contributed by atoms with Gasteiger partial charge in [-0.15, -0.1) is 0 Å². The zero-order chi connectivity index (χ0) is 24.2. The lowest BCUT2D eigenvalue weighted by Crippen LogP contribution is -2.13. The summed E-state index contributed by atoms with van der Waals surface area (Å²) in [5, 5.41) is 0. The average Bonchev–Trinajstić information content (AvgIpc) is 2.98. The van der Waals surface area contributed by atoms with Gasteiger partial charge >= 0.3 is 0 Å². The molecule has 172 valence electrons. The van der Waals surface area contributed by atoms with Gasteiger partial charge in [0.05, 0.1) is 0 Å². The smallest absolute Gasteiger partial charge is 0.0142 e. The minimum atomic E-state index is 0.242. The number of allylic oxidation sites excluding steroid dienone is 4. The Balaban J connectivity index is 1.76. The van der Waals surface area contributed by atoms with Crippen molar-refractivity contribution in [2.24, 2.45) is 0 Å². The molecular weight excluding hydrogens is 432 g/mol. The highest BCUT2D eigenvalue weighted by molar-refractivity contribution is 6.24. The summed E-state index contributed by atoms with van der Waals surface area (Å²) >= 11 is 0. The summed E-state index contributed by atoms with van der Waals surface area (Å²) < 4.78 is 0. The standard InChI is InChI=1S/C36H28/c1-6-16-27(17-7-1)32-26-33(28-18-8-2-9-19-28)35(30-22-12-4-13-23-30)36(31-24-14-5-15-25-31)34(32)29-20-10-3-11-21-29/h1-25,32H,26H2. The zero-order valence-electron chi connectivity index (χ0n) is 20.2. The topological polar surface area (TPSA) is 0 Å². The summed E-state index contributed by atoms with van der Waals surface area (Å²) in [6.45, 7) is 0. The van der Waals surface area contributed by atoms with Crippen LogP contribution in [0.5, 0.6) is 0 Å². The van der Waals surface area contributed by atoms with Gasteiger partial charge in [0.1, 0.15) is 0 Å². The van der Waals surface area contributed by atoms with Gasteiger partial charge in [0.2, 0.25) is 0 Å². The van der Waals surface area contributed by atoms with Crippen LogP contribution in [0.4, 0.5) is 0 Å². The van der Waals surface area contributed by atoms with Crippen molar-refractivity contribution in [2.75, 3.05) is 0 Å². The molecule has 0 saturated carbocycles. The maximum atomic E-state index is 2.28. The van der Waals surface area contributed by atoms with E-state index in [0.717, 1.165) is 6.42 Å². The van der Waals surface area contributed by atoms with E-state index >= 15 is 0 Å². The monoisotopic (exact) mass is 460 g/mol. The largest absolute Gasteiger partial charge is 0.0622 e. The van der Waals surface area contributed by atoms with Crippen molar-refractivity contribution in [3.8, 4) is 0 Å². The third kappa shape index (κ3) is 4.23. The van der Waals surface area contributed by atoms with E-state index in [-0.39, 0.29) is 5.92 Å². The fourth-order valence-electron chi connectivity index (χ4n) is 5.53. The van der Waals surface area contributed by atoms with E-state index in [1.807, 2.05) is 0 Å². The first-order valence-corrected chi connectivity index (χ1v) is 12.6. The van der Waals surface area contributed by atoms with Crippen molar-refractivity contribution >= 4 is 22.3 Å². The first kappa shape index (κ1) is 22.1. The van der Waals surface area contributed by atoms with Crippen LogP contribution in [0.3, 0.4) is 0 Å². The van der Waals surface area contributed by atoms with Gasteiger partial charge in [-0.3, -0.25) is 0 Å². The van der Waals surface area contributed by atoms with Crippen molar-refractivity contribution in [3.05, 3.63) is 179 Å². The first-order valence-electron chi connectivity index (χ1n) is 12.6. The number of benzene rings is 5. The number of hydrogen-bond donors (Lipinski definition) is 0. The lowest BCUT2D eigenvalue weighted by Gasteiger charge is -2.34. The fourth-order valence-corrected chi connectivity index (χ4v) is 5.53. The molecule has 0 heterocycles. The Kier molecular flexibility index (Phi) is 6.17. The molecule has 0 bridgehead atoms.